The monoisotopic (exact) mass is 617 g/mol. The maximum atomic E-state index is 12.4. The second-order valence-electron chi connectivity index (χ2n) is 10.0. The molecule has 17 heteroatoms. The molecule has 0 atom stereocenters. The Morgan fingerprint density at radius 1 is 0.700 bits per heavy atom. The van der Waals surface area contributed by atoms with E-state index in [9.17, 15) is 40.8 Å². The minimum Gasteiger partial charge on any atom is -0.377 e. The second-order valence-corrected chi connectivity index (χ2v) is 12.2. The largest absolute Gasteiger partial charge is 0.471 e. The highest BCUT2D eigenvalue weighted by atomic mass is 31.2. The molecule has 0 aromatic heterocycles. The number of hydrogen-bond donors (Lipinski definition) is 3. The Morgan fingerprint density at radius 3 is 1.25 bits per heavy atom. The minimum absolute atomic E-state index is 0.184. The Balaban J connectivity index is 5.75. The molecule has 3 N–H and O–H groups in total. The van der Waals surface area contributed by atoms with Crippen LogP contribution in [0.1, 0.15) is 55.4 Å². The van der Waals surface area contributed by atoms with Crippen molar-refractivity contribution in [2.24, 2.45) is 0 Å². The van der Waals surface area contributed by atoms with Crippen LogP contribution < -0.4 is 10.6 Å². The van der Waals surface area contributed by atoms with Gasteiger partial charge in [0, 0.05) is 37.3 Å². The molecule has 0 aliphatic carbocycles. The molecule has 2 amide bonds. The number of ether oxygens (including phenoxy) is 2. The van der Waals surface area contributed by atoms with E-state index in [1.54, 1.807) is 10.6 Å². The van der Waals surface area contributed by atoms with Crippen LogP contribution in [0, 0.1) is 0 Å². The van der Waals surface area contributed by atoms with Crippen molar-refractivity contribution >= 4 is 19.8 Å². The number of nitrogens with one attached hydrogen (secondary N) is 2. The summed E-state index contributed by atoms with van der Waals surface area (Å²) in [5.41, 5.74) is 0. The van der Waals surface area contributed by atoms with Crippen LogP contribution in [0.25, 0.3) is 0 Å². The van der Waals surface area contributed by atoms with Gasteiger partial charge in [-0.25, -0.2) is 0 Å². The van der Waals surface area contributed by atoms with Crippen molar-refractivity contribution in [2.75, 3.05) is 39.5 Å². The van der Waals surface area contributed by atoms with Gasteiger partial charge in [0.2, 0.25) is 0 Å². The van der Waals surface area contributed by atoms with E-state index in [2.05, 4.69) is 0 Å². The first kappa shape index (κ1) is 38.7. The molecule has 238 valence electrons. The number of hydrogen-bond acceptors (Lipinski definition) is 8. The van der Waals surface area contributed by atoms with Crippen molar-refractivity contribution in [2.45, 2.75) is 98.0 Å². The van der Waals surface area contributed by atoms with Gasteiger partial charge in [-0.1, -0.05) is 0 Å². The molecule has 0 fully saturated rings. The van der Waals surface area contributed by atoms with Gasteiger partial charge >= 0.3 is 32.2 Å². The van der Waals surface area contributed by atoms with E-state index >= 15 is 0 Å². The van der Waals surface area contributed by atoms with Crippen molar-refractivity contribution < 1.29 is 54.8 Å². The number of amides is 2. The molecule has 40 heavy (non-hydrogen) atoms. The molecule has 0 rings (SSSR count). The summed E-state index contributed by atoms with van der Waals surface area (Å²) in [5.74, 6) is -4.25. The fourth-order valence-corrected chi connectivity index (χ4v) is 7.42. The third kappa shape index (κ3) is 13.1. The van der Waals surface area contributed by atoms with Crippen molar-refractivity contribution in [3.8, 4) is 0 Å². The molecular weight excluding hydrogens is 573 g/mol. The lowest BCUT2D eigenvalue weighted by molar-refractivity contribution is -0.173. The Morgan fingerprint density at radius 2 is 1.00 bits per heavy atom. The smallest absolute Gasteiger partial charge is 0.377 e. The Kier molecular flexibility index (Phi) is 16.4. The maximum absolute atomic E-state index is 12.4. The summed E-state index contributed by atoms with van der Waals surface area (Å²) in [5, 5.41) is 3.34. The minimum atomic E-state index is -5.05. The van der Waals surface area contributed by atoms with E-state index in [0.29, 0.717) is 0 Å². The van der Waals surface area contributed by atoms with E-state index in [1.165, 1.54) is 0 Å². The summed E-state index contributed by atoms with van der Waals surface area (Å²) in [6.07, 6.45) is -11.1. The van der Waals surface area contributed by atoms with Crippen molar-refractivity contribution in [1.82, 2.24) is 20.0 Å². The Labute approximate surface area is 232 Å². The Hall–Kier alpha value is -1.29. The quantitative estimate of drug-likeness (QED) is 0.121. The van der Waals surface area contributed by atoms with E-state index in [0.717, 1.165) is 0 Å². The summed E-state index contributed by atoms with van der Waals surface area (Å²) in [4.78, 5) is 34.2. The van der Waals surface area contributed by atoms with Gasteiger partial charge in [-0.3, -0.25) is 9.59 Å². The lowest BCUT2D eigenvalue weighted by Gasteiger charge is -2.43. The van der Waals surface area contributed by atoms with E-state index in [4.69, 9.17) is 14.0 Å². The van der Waals surface area contributed by atoms with Gasteiger partial charge in [-0.15, -0.1) is 9.34 Å². The van der Waals surface area contributed by atoms with Gasteiger partial charge in [0.1, 0.15) is 0 Å². The average Bonchev–Trinajstić information content (AvgIpc) is 2.75. The van der Waals surface area contributed by atoms with Gasteiger partial charge in [0.25, 0.3) is 0 Å². The molecule has 10 nitrogen and oxygen atoms in total. The number of carbonyl (C=O) groups is 2. The summed E-state index contributed by atoms with van der Waals surface area (Å²) >= 11 is 0. The lowest BCUT2D eigenvalue weighted by atomic mass is 10.3. The zero-order valence-corrected chi connectivity index (χ0v) is 25.1. The molecule has 0 aromatic rings. The summed E-state index contributed by atoms with van der Waals surface area (Å²) in [6, 6.07) is -0.737. The zero-order chi connectivity index (χ0) is 31.5. The number of carbonyl (C=O) groups excluding carboxylic acids is 2. The number of nitrogens with zero attached hydrogens (tertiary/aromatic N) is 2. The summed E-state index contributed by atoms with van der Waals surface area (Å²) in [6.45, 7) is 12.9. The Bertz CT molecular complexity index is 699. The van der Waals surface area contributed by atoms with Crippen molar-refractivity contribution in [3.05, 3.63) is 0 Å². The first-order chi connectivity index (χ1) is 18.2. The molecule has 0 heterocycles. The van der Waals surface area contributed by atoms with E-state index in [1.807, 2.05) is 64.7 Å². The van der Waals surface area contributed by atoms with Gasteiger partial charge in [-0.2, -0.15) is 35.8 Å². The normalized spacial score (nSPS) is 13.6. The highest BCUT2D eigenvalue weighted by Gasteiger charge is 2.59. The van der Waals surface area contributed by atoms with Crippen LogP contribution in [0.2, 0.25) is 0 Å². The fourth-order valence-electron chi connectivity index (χ4n) is 4.04. The van der Waals surface area contributed by atoms with Crippen LogP contribution in [-0.4, -0.2) is 108 Å². The van der Waals surface area contributed by atoms with Crippen LogP contribution >= 0.6 is 8.02 Å². The molecule has 0 aliphatic heterocycles. The first-order valence-electron chi connectivity index (χ1n) is 12.9. The number of alkyl halides is 6. The first-order valence-corrected chi connectivity index (χ1v) is 14.5. The number of halogens is 6. The van der Waals surface area contributed by atoms with E-state index in [-0.39, 0.29) is 50.6 Å². The molecule has 0 aliphatic rings. The lowest BCUT2D eigenvalue weighted by Crippen LogP contribution is -2.50. The van der Waals surface area contributed by atoms with Gasteiger partial charge < -0.3 is 20.1 Å². The molecule has 0 spiro atoms. The highest BCUT2D eigenvalue weighted by molar-refractivity contribution is 7.60. The number of rotatable bonds is 18. The van der Waals surface area contributed by atoms with Crippen LogP contribution in [0.3, 0.4) is 0 Å². The summed E-state index contributed by atoms with van der Waals surface area (Å²) in [7, 11) is -3.59. The molecule has 0 bridgehead atoms. The van der Waals surface area contributed by atoms with Gasteiger partial charge in [0.15, 0.2) is 6.10 Å². The third-order valence-electron chi connectivity index (χ3n) is 5.19. The predicted octanol–water partition coefficient (Wildman–Crippen LogP) is 3.67. The SMILES string of the molecule is CC(C)N(C(C)C)[P+](O)(OC(COCCNC(=O)C(F)(F)F)COCCNC(=O)C(F)(F)F)N(C(C)C)C(C)C. The third-order valence-corrected chi connectivity index (χ3v) is 8.83. The van der Waals surface area contributed by atoms with Crippen LogP contribution in [0.4, 0.5) is 26.3 Å². The fraction of sp³-hybridized carbons (Fsp3) is 0.913. The second kappa shape index (κ2) is 17.0. The molecular formula is C23H44F6N4O6P+. The molecule has 0 aromatic carbocycles. The average molecular weight is 618 g/mol. The van der Waals surface area contributed by atoms with Crippen molar-refractivity contribution in [1.29, 1.82) is 0 Å². The van der Waals surface area contributed by atoms with Crippen LogP contribution in [0.15, 0.2) is 0 Å². The predicted molar refractivity (Wildman–Crippen MR) is 138 cm³/mol. The molecule has 0 saturated carbocycles. The summed E-state index contributed by atoms with van der Waals surface area (Å²) < 4.78 is 95.1. The van der Waals surface area contributed by atoms with Crippen LogP contribution in [0.5, 0.6) is 0 Å². The van der Waals surface area contributed by atoms with Crippen molar-refractivity contribution in [3.63, 3.8) is 0 Å². The molecule has 0 saturated heterocycles. The maximum Gasteiger partial charge on any atom is 0.471 e. The highest BCUT2D eigenvalue weighted by Crippen LogP contribution is 2.66. The standard InChI is InChI=1S/C23H43F6N4O6P/c1-15(2)32(16(3)4)40(36,33(17(5)6)18(7)8)39-19(13-37-11-9-30-20(34)22(24,25)26)14-38-12-10-31-21(35)23(27,28)29/h15-19,36H,9-14H2,1-8H3,(H-,30,31,34,35)/p+1. The van der Waals surface area contributed by atoms with Gasteiger partial charge in [-0.05, 0) is 55.4 Å². The van der Waals surface area contributed by atoms with Crippen LogP contribution in [-0.2, 0) is 23.6 Å². The molecule has 0 unspecified atom stereocenters. The van der Waals surface area contributed by atoms with Gasteiger partial charge in [0.05, 0.1) is 26.4 Å². The van der Waals surface area contributed by atoms with E-state index < -0.39 is 51.4 Å². The molecule has 0 radical (unpaired) electrons. The topological polar surface area (TPSA) is 113 Å². The zero-order valence-electron chi connectivity index (χ0n) is 24.2.